The zero-order chi connectivity index (χ0) is 11.6. The molecule has 0 aromatic rings. The Morgan fingerprint density at radius 3 is 2.60 bits per heavy atom. The van der Waals surface area contributed by atoms with E-state index >= 15 is 0 Å². The molecule has 1 rings (SSSR count). The van der Waals surface area contributed by atoms with Crippen molar-refractivity contribution in [2.24, 2.45) is 0 Å². The topological polar surface area (TPSA) is 87.1 Å². The Balaban J connectivity index is 3.02. The summed E-state index contributed by atoms with van der Waals surface area (Å²) in [6, 6.07) is 0. The molecule has 0 spiro atoms. The molecule has 0 aromatic carbocycles. The first-order valence-corrected chi connectivity index (χ1v) is 4.31. The second-order valence-corrected chi connectivity index (χ2v) is 3.46. The molecule has 0 unspecified atom stereocenters. The summed E-state index contributed by atoms with van der Waals surface area (Å²) in [6.45, 7) is -0.778. The molecule has 7 heteroatoms. The molecule has 1 heterocycles. The van der Waals surface area contributed by atoms with Crippen molar-refractivity contribution in [1.82, 2.24) is 4.90 Å². The molecule has 6 nitrogen and oxygen atoms in total. The predicted octanol–water partition coefficient (Wildman–Crippen LogP) is 0.178. The van der Waals surface area contributed by atoms with Crippen molar-refractivity contribution < 1.29 is 28.9 Å². The molecule has 15 heavy (non-hydrogen) atoms. The first-order valence-electron chi connectivity index (χ1n) is 4.31. The van der Waals surface area contributed by atoms with Crippen LogP contribution in [0.2, 0.25) is 0 Å². The van der Waals surface area contributed by atoms with Crippen LogP contribution in [-0.2, 0) is 9.53 Å². The smallest absolute Gasteiger partial charge is 0.408 e. The minimum absolute atomic E-state index is 0.352. The average molecular weight is 221 g/mol. The van der Waals surface area contributed by atoms with Crippen LogP contribution in [0.25, 0.3) is 0 Å². The Bertz CT molecular complexity index is 284. The van der Waals surface area contributed by atoms with E-state index in [1.165, 1.54) is 7.11 Å². The van der Waals surface area contributed by atoms with Crippen molar-refractivity contribution in [3.8, 4) is 0 Å². The van der Waals surface area contributed by atoms with E-state index in [4.69, 9.17) is 10.2 Å². The van der Waals surface area contributed by atoms with Crippen LogP contribution in [0.4, 0.5) is 9.18 Å². The van der Waals surface area contributed by atoms with Gasteiger partial charge in [-0.2, -0.15) is 0 Å². The van der Waals surface area contributed by atoms with Gasteiger partial charge in [0, 0.05) is 13.5 Å². The fourth-order valence-electron chi connectivity index (χ4n) is 1.82. The van der Waals surface area contributed by atoms with Crippen LogP contribution in [0.15, 0.2) is 0 Å². The SMILES string of the molecule is COC[C@@]1(C(=O)O)C[C@@H](F)CN1C(=O)O. The number of likely N-dealkylation sites (tertiary alicyclic amines) is 1. The quantitative estimate of drug-likeness (QED) is 0.709. The van der Waals surface area contributed by atoms with Gasteiger partial charge in [0.25, 0.3) is 0 Å². The summed E-state index contributed by atoms with van der Waals surface area (Å²) in [6.07, 6.45) is -3.29. The summed E-state index contributed by atoms with van der Waals surface area (Å²) in [4.78, 5) is 22.4. The lowest BCUT2D eigenvalue weighted by molar-refractivity contribution is -0.152. The predicted molar refractivity (Wildman–Crippen MR) is 46.5 cm³/mol. The van der Waals surface area contributed by atoms with Crippen LogP contribution in [0.5, 0.6) is 0 Å². The van der Waals surface area contributed by atoms with Gasteiger partial charge in [-0.3, -0.25) is 4.90 Å². The van der Waals surface area contributed by atoms with Gasteiger partial charge in [0.15, 0.2) is 5.54 Å². The molecule has 0 saturated carbocycles. The third-order valence-corrected chi connectivity index (χ3v) is 2.47. The highest BCUT2D eigenvalue weighted by Crippen LogP contribution is 2.32. The van der Waals surface area contributed by atoms with Crippen LogP contribution in [0, 0.1) is 0 Å². The minimum Gasteiger partial charge on any atom is -0.479 e. The van der Waals surface area contributed by atoms with Crippen LogP contribution >= 0.6 is 0 Å². The molecule has 1 aliphatic rings. The lowest BCUT2D eigenvalue weighted by atomic mass is 9.97. The maximum absolute atomic E-state index is 13.1. The molecule has 2 N–H and O–H groups in total. The van der Waals surface area contributed by atoms with Gasteiger partial charge in [-0.1, -0.05) is 0 Å². The molecular weight excluding hydrogens is 209 g/mol. The molecule has 0 bridgehead atoms. The summed E-state index contributed by atoms with van der Waals surface area (Å²) < 4.78 is 17.8. The van der Waals surface area contributed by atoms with Gasteiger partial charge in [0.05, 0.1) is 13.2 Å². The number of ether oxygens (including phenoxy) is 1. The Kier molecular flexibility index (Phi) is 3.13. The molecule has 86 valence electrons. The highest BCUT2D eigenvalue weighted by Gasteiger charge is 2.54. The molecule has 1 aliphatic heterocycles. The van der Waals surface area contributed by atoms with Crippen LogP contribution in [-0.4, -0.2) is 59.1 Å². The molecule has 0 aromatic heterocycles. The van der Waals surface area contributed by atoms with Crippen molar-refractivity contribution >= 4 is 12.1 Å². The fraction of sp³-hybridized carbons (Fsp3) is 0.750. The summed E-state index contributed by atoms with van der Waals surface area (Å²) >= 11 is 0. The number of nitrogens with zero attached hydrogens (tertiary/aromatic N) is 1. The highest BCUT2D eigenvalue weighted by atomic mass is 19.1. The summed E-state index contributed by atoms with van der Waals surface area (Å²) in [5.74, 6) is -1.38. The van der Waals surface area contributed by atoms with Gasteiger partial charge in [0.2, 0.25) is 0 Å². The molecule has 0 aliphatic carbocycles. The van der Waals surface area contributed by atoms with Gasteiger partial charge in [0.1, 0.15) is 6.17 Å². The number of carbonyl (C=O) groups is 2. The van der Waals surface area contributed by atoms with E-state index in [0.29, 0.717) is 4.90 Å². The molecule has 0 radical (unpaired) electrons. The van der Waals surface area contributed by atoms with E-state index in [0.717, 1.165) is 0 Å². The second-order valence-electron chi connectivity index (χ2n) is 3.46. The average Bonchev–Trinajstić information content (AvgIpc) is 2.44. The van der Waals surface area contributed by atoms with Crippen molar-refractivity contribution in [3.05, 3.63) is 0 Å². The van der Waals surface area contributed by atoms with Gasteiger partial charge in [-0.05, 0) is 0 Å². The van der Waals surface area contributed by atoms with E-state index in [1.54, 1.807) is 0 Å². The second kappa shape index (κ2) is 4.01. The third-order valence-electron chi connectivity index (χ3n) is 2.47. The molecule has 2 atom stereocenters. The monoisotopic (exact) mass is 221 g/mol. The lowest BCUT2D eigenvalue weighted by Crippen LogP contribution is -2.55. The van der Waals surface area contributed by atoms with E-state index < -0.39 is 30.3 Å². The number of hydrogen-bond acceptors (Lipinski definition) is 3. The molecule has 1 saturated heterocycles. The maximum Gasteiger partial charge on any atom is 0.408 e. The minimum atomic E-state index is -1.79. The van der Waals surface area contributed by atoms with E-state index in [9.17, 15) is 14.0 Å². The van der Waals surface area contributed by atoms with E-state index in [-0.39, 0.29) is 13.0 Å². The lowest BCUT2D eigenvalue weighted by Gasteiger charge is -2.31. The van der Waals surface area contributed by atoms with Crippen molar-refractivity contribution in [1.29, 1.82) is 0 Å². The largest absolute Gasteiger partial charge is 0.479 e. The van der Waals surface area contributed by atoms with Crippen molar-refractivity contribution in [2.45, 2.75) is 18.1 Å². The van der Waals surface area contributed by atoms with E-state index in [1.807, 2.05) is 0 Å². The number of halogens is 1. The van der Waals surface area contributed by atoms with Gasteiger partial charge < -0.3 is 14.9 Å². The first-order chi connectivity index (χ1) is 6.94. The summed E-state index contributed by atoms with van der Waals surface area (Å²) in [5, 5.41) is 17.8. The van der Waals surface area contributed by atoms with Gasteiger partial charge in [-0.15, -0.1) is 0 Å². The summed E-state index contributed by atoms with van der Waals surface area (Å²) in [7, 11) is 1.25. The van der Waals surface area contributed by atoms with Crippen LogP contribution < -0.4 is 0 Å². The number of carboxylic acids is 1. The number of hydrogen-bond donors (Lipinski definition) is 2. The number of alkyl halides is 1. The van der Waals surface area contributed by atoms with Crippen molar-refractivity contribution in [3.63, 3.8) is 0 Å². The number of rotatable bonds is 3. The molecular formula is C8H12FNO5. The van der Waals surface area contributed by atoms with Crippen LogP contribution in [0.3, 0.4) is 0 Å². The standard InChI is InChI=1S/C8H12FNO5/c1-15-4-8(6(11)12)2-5(9)3-10(8)7(13)14/h5H,2-4H2,1H3,(H,11,12)(H,13,14)/t5-,8-/m1/s1. The number of carboxylic acid groups (broad SMARTS) is 2. The molecule has 1 fully saturated rings. The van der Waals surface area contributed by atoms with Crippen molar-refractivity contribution in [2.75, 3.05) is 20.3 Å². The van der Waals surface area contributed by atoms with Gasteiger partial charge in [-0.25, -0.2) is 14.0 Å². The maximum atomic E-state index is 13.1. The Labute approximate surface area is 85.2 Å². The zero-order valence-electron chi connectivity index (χ0n) is 8.14. The molecule has 1 amide bonds. The Morgan fingerprint density at radius 2 is 2.20 bits per heavy atom. The Hall–Kier alpha value is -1.37. The highest BCUT2D eigenvalue weighted by molar-refractivity contribution is 5.85. The van der Waals surface area contributed by atoms with Crippen LogP contribution in [0.1, 0.15) is 6.42 Å². The Morgan fingerprint density at radius 1 is 1.60 bits per heavy atom. The summed E-state index contributed by atoms with van der Waals surface area (Å²) in [5.41, 5.74) is -1.79. The fourth-order valence-corrected chi connectivity index (χ4v) is 1.82. The third kappa shape index (κ3) is 1.87. The van der Waals surface area contributed by atoms with E-state index in [2.05, 4.69) is 4.74 Å². The first kappa shape index (κ1) is 11.7. The normalized spacial score (nSPS) is 30.5. The van der Waals surface area contributed by atoms with Gasteiger partial charge >= 0.3 is 12.1 Å². The number of amides is 1. The number of aliphatic carboxylic acids is 1. The zero-order valence-corrected chi connectivity index (χ0v) is 8.14. The number of methoxy groups -OCH3 is 1.